The van der Waals surface area contributed by atoms with Gasteiger partial charge in [0, 0.05) is 11.8 Å². The fraction of sp³-hybridized carbons (Fsp3) is 0.533. The molecule has 1 aromatic rings. The predicted molar refractivity (Wildman–Crippen MR) is 67.0 cm³/mol. The minimum atomic E-state index is -0.652. The van der Waals surface area contributed by atoms with Gasteiger partial charge in [-0.2, -0.15) is 0 Å². The molecule has 1 aromatic carbocycles. The summed E-state index contributed by atoms with van der Waals surface area (Å²) in [6, 6.07) is 4.99. The first-order valence-electron chi connectivity index (χ1n) is 6.79. The van der Waals surface area contributed by atoms with Crippen molar-refractivity contribution in [2.45, 2.75) is 49.2 Å². The Morgan fingerprint density at radius 2 is 1.95 bits per heavy atom. The van der Waals surface area contributed by atoms with Crippen LogP contribution in [-0.4, -0.2) is 27.9 Å². The number of fused-ring (bicyclic) bond motifs is 3. The summed E-state index contributed by atoms with van der Waals surface area (Å²) in [4.78, 5) is 12.1. The number of esters is 1. The van der Waals surface area contributed by atoms with Gasteiger partial charge in [0.05, 0.1) is 11.2 Å². The van der Waals surface area contributed by atoms with Crippen LogP contribution < -0.4 is 0 Å². The van der Waals surface area contributed by atoms with Gasteiger partial charge in [-0.1, -0.05) is 6.07 Å². The standard InChI is InChI=1S/C15H16O4/c16-9-1-2-11-10(7-9)13(17)19-12-8-14(18)3-5-15(11,12)6-4-14/h1-2,7,12,16,18H,3-6,8H2/t12-,14-,15+/m0/s1. The lowest BCUT2D eigenvalue weighted by Gasteiger charge is -2.57. The highest BCUT2D eigenvalue weighted by atomic mass is 16.5. The first-order valence-corrected chi connectivity index (χ1v) is 6.79. The second-order valence-corrected chi connectivity index (χ2v) is 6.21. The van der Waals surface area contributed by atoms with Crippen molar-refractivity contribution in [3.8, 4) is 5.75 Å². The normalized spacial score (nSPS) is 39.4. The molecule has 0 unspecified atom stereocenters. The number of ether oxygens (including phenoxy) is 1. The van der Waals surface area contributed by atoms with E-state index in [1.807, 2.05) is 6.07 Å². The number of benzene rings is 1. The second-order valence-electron chi connectivity index (χ2n) is 6.21. The van der Waals surface area contributed by atoms with Crippen LogP contribution in [-0.2, 0) is 10.2 Å². The van der Waals surface area contributed by atoms with Gasteiger partial charge in [0.15, 0.2) is 0 Å². The highest BCUT2D eigenvalue weighted by Gasteiger charge is 2.59. The van der Waals surface area contributed by atoms with E-state index in [2.05, 4.69) is 0 Å². The Bertz CT molecular complexity index is 570. The van der Waals surface area contributed by atoms with Crippen molar-refractivity contribution in [3.05, 3.63) is 29.3 Å². The van der Waals surface area contributed by atoms with Gasteiger partial charge < -0.3 is 14.9 Å². The average Bonchev–Trinajstić information content (AvgIpc) is 2.38. The van der Waals surface area contributed by atoms with Gasteiger partial charge >= 0.3 is 5.97 Å². The maximum absolute atomic E-state index is 12.1. The number of hydrogen-bond acceptors (Lipinski definition) is 4. The van der Waals surface area contributed by atoms with Crippen LogP contribution in [0.2, 0.25) is 0 Å². The monoisotopic (exact) mass is 260 g/mol. The van der Waals surface area contributed by atoms with Crippen molar-refractivity contribution < 1.29 is 19.7 Å². The van der Waals surface area contributed by atoms with Crippen molar-refractivity contribution >= 4 is 5.97 Å². The highest BCUT2D eigenvalue weighted by molar-refractivity contribution is 5.93. The van der Waals surface area contributed by atoms with E-state index < -0.39 is 5.60 Å². The number of carbonyl (C=O) groups is 1. The molecular weight excluding hydrogens is 244 g/mol. The van der Waals surface area contributed by atoms with Gasteiger partial charge in [0.1, 0.15) is 11.9 Å². The van der Waals surface area contributed by atoms with Gasteiger partial charge in [-0.05, 0) is 43.4 Å². The van der Waals surface area contributed by atoms with E-state index in [9.17, 15) is 15.0 Å². The number of aliphatic hydroxyl groups is 1. The lowest BCUT2D eigenvalue weighted by molar-refractivity contribution is -0.137. The fourth-order valence-corrected chi connectivity index (χ4v) is 4.15. The molecule has 4 nitrogen and oxygen atoms in total. The van der Waals surface area contributed by atoms with E-state index in [1.165, 1.54) is 6.07 Å². The molecule has 1 heterocycles. The van der Waals surface area contributed by atoms with E-state index in [0.29, 0.717) is 12.0 Å². The number of phenolic OH excluding ortho intramolecular Hbond substituents is 1. The SMILES string of the molecule is O=C1O[C@H]2C[C@]3(O)CC[C@@]2(CC3)c2ccc(O)cc21. The number of hydrogen-bond donors (Lipinski definition) is 2. The highest BCUT2D eigenvalue weighted by Crippen LogP contribution is 2.57. The predicted octanol–water partition coefficient (Wildman–Crippen LogP) is 1.88. The molecule has 19 heavy (non-hydrogen) atoms. The molecule has 3 fully saturated rings. The molecule has 0 saturated heterocycles. The van der Waals surface area contributed by atoms with Crippen LogP contribution in [0.4, 0.5) is 0 Å². The maximum atomic E-state index is 12.1. The van der Waals surface area contributed by atoms with E-state index in [-0.39, 0.29) is 23.2 Å². The Morgan fingerprint density at radius 3 is 2.68 bits per heavy atom. The Morgan fingerprint density at radius 1 is 1.21 bits per heavy atom. The Kier molecular flexibility index (Phi) is 1.97. The van der Waals surface area contributed by atoms with Crippen molar-refractivity contribution in [2.24, 2.45) is 0 Å². The molecule has 4 aliphatic rings. The van der Waals surface area contributed by atoms with Gasteiger partial charge in [0.2, 0.25) is 0 Å². The first kappa shape index (κ1) is 11.3. The summed E-state index contributed by atoms with van der Waals surface area (Å²) in [6.45, 7) is 0. The zero-order valence-electron chi connectivity index (χ0n) is 10.6. The van der Waals surface area contributed by atoms with E-state index in [4.69, 9.17) is 4.74 Å². The summed E-state index contributed by atoms with van der Waals surface area (Å²) < 4.78 is 5.55. The maximum Gasteiger partial charge on any atom is 0.338 e. The third-order valence-electron chi connectivity index (χ3n) is 5.26. The molecule has 3 saturated carbocycles. The van der Waals surface area contributed by atoms with Crippen LogP contribution in [0.3, 0.4) is 0 Å². The van der Waals surface area contributed by atoms with Crippen molar-refractivity contribution in [3.63, 3.8) is 0 Å². The van der Waals surface area contributed by atoms with Gasteiger partial charge in [0.25, 0.3) is 0 Å². The number of rotatable bonds is 0. The van der Waals surface area contributed by atoms with Crippen LogP contribution >= 0.6 is 0 Å². The third kappa shape index (κ3) is 1.35. The lowest BCUT2D eigenvalue weighted by atomic mass is 9.53. The summed E-state index contributed by atoms with van der Waals surface area (Å²) in [7, 11) is 0. The van der Waals surface area contributed by atoms with E-state index >= 15 is 0 Å². The van der Waals surface area contributed by atoms with Crippen molar-refractivity contribution in [1.82, 2.24) is 0 Å². The van der Waals surface area contributed by atoms with Crippen LogP contribution in [0.5, 0.6) is 5.75 Å². The molecule has 1 spiro atoms. The average molecular weight is 260 g/mol. The van der Waals surface area contributed by atoms with Crippen molar-refractivity contribution in [1.29, 1.82) is 0 Å². The molecule has 2 N–H and O–H groups in total. The smallest absolute Gasteiger partial charge is 0.338 e. The minimum absolute atomic E-state index is 0.0914. The van der Waals surface area contributed by atoms with Crippen LogP contribution in [0.15, 0.2) is 18.2 Å². The quantitative estimate of drug-likeness (QED) is 0.699. The minimum Gasteiger partial charge on any atom is -0.508 e. The number of phenols is 1. The molecule has 0 amide bonds. The topological polar surface area (TPSA) is 66.8 Å². The summed E-state index contributed by atoms with van der Waals surface area (Å²) in [6.07, 6.45) is 3.55. The molecular formula is C15H16O4. The zero-order valence-corrected chi connectivity index (χ0v) is 10.6. The van der Waals surface area contributed by atoms with Crippen LogP contribution in [0.1, 0.15) is 48.0 Å². The van der Waals surface area contributed by atoms with E-state index in [0.717, 1.165) is 31.2 Å². The molecule has 4 heteroatoms. The zero-order chi connectivity index (χ0) is 13.3. The third-order valence-corrected chi connectivity index (χ3v) is 5.26. The molecule has 0 radical (unpaired) electrons. The van der Waals surface area contributed by atoms with Crippen molar-refractivity contribution in [2.75, 3.05) is 0 Å². The number of carbonyl (C=O) groups excluding carboxylic acids is 1. The van der Waals surface area contributed by atoms with E-state index in [1.54, 1.807) is 6.07 Å². The fourth-order valence-electron chi connectivity index (χ4n) is 4.15. The van der Waals surface area contributed by atoms with Crippen LogP contribution in [0, 0.1) is 0 Å². The molecule has 1 atom stereocenters. The molecule has 1 aliphatic heterocycles. The molecule has 3 aliphatic carbocycles. The van der Waals surface area contributed by atoms with Gasteiger partial charge in [-0.15, -0.1) is 0 Å². The Labute approximate surface area is 111 Å². The Balaban J connectivity index is 1.90. The largest absolute Gasteiger partial charge is 0.508 e. The molecule has 2 bridgehead atoms. The number of aromatic hydroxyl groups is 1. The molecule has 5 rings (SSSR count). The lowest BCUT2D eigenvalue weighted by Crippen LogP contribution is -2.60. The summed E-state index contributed by atoms with van der Waals surface area (Å²) >= 11 is 0. The summed E-state index contributed by atoms with van der Waals surface area (Å²) in [5, 5.41) is 20.0. The molecule has 100 valence electrons. The van der Waals surface area contributed by atoms with Gasteiger partial charge in [-0.3, -0.25) is 0 Å². The first-order chi connectivity index (χ1) is 9.02. The summed E-state index contributed by atoms with van der Waals surface area (Å²) in [5.41, 5.74) is 0.680. The Hall–Kier alpha value is -1.55. The second kappa shape index (κ2) is 3.31. The van der Waals surface area contributed by atoms with Gasteiger partial charge in [-0.25, -0.2) is 4.79 Å². The molecule has 0 aromatic heterocycles. The summed E-state index contributed by atoms with van der Waals surface area (Å²) in [5.74, 6) is -0.286. The van der Waals surface area contributed by atoms with Crippen LogP contribution in [0.25, 0.3) is 0 Å².